The molecule has 0 spiro atoms. The monoisotopic (exact) mass is 443 g/mol. The molecule has 0 atom stereocenters. The molecule has 0 heterocycles. The van der Waals surface area contributed by atoms with Gasteiger partial charge in [-0.3, -0.25) is 0 Å². The van der Waals surface area contributed by atoms with E-state index in [9.17, 15) is 18.0 Å². The number of aryl methyl sites for hydroxylation is 2. The van der Waals surface area contributed by atoms with Crippen LogP contribution in [0.3, 0.4) is 0 Å². The van der Waals surface area contributed by atoms with Crippen molar-refractivity contribution in [2.24, 2.45) is 0 Å². The van der Waals surface area contributed by atoms with Crippen LogP contribution < -0.4 is 4.74 Å². The molecular formula is C26H29F3O3. The Balaban J connectivity index is 0.000000267. The van der Waals surface area contributed by atoms with E-state index in [0.717, 1.165) is 11.1 Å². The van der Waals surface area contributed by atoms with Gasteiger partial charge >= 0.3 is 5.97 Å². The van der Waals surface area contributed by atoms with Crippen molar-refractivity contribution < 1.29 is 27.4 Å². The van der Waals surface area contributed by atoms with E-state index in [0.29, 0.717) is 12.4 Å². The molecule has 0 N–H and O–H groups in total. The number of halogens is 3. The van der Waals surface area contributed by atoms with Gasteiger partial charge in [0, 0.05) is 0 Å². The minimum atomic E-state index is -1.08. The zero-order chi connectivity index (χ0) is 24.1. The van der Waals surface area contributed by atoms with Gasteiger partial charge in [-0.15, -0.1) is 0 Å². The van der Waals surface area contributed by atoms with E-state index >= 15 is 0 Å². The SMILES string of the molecule is CCOC(=O)C(C)(C)Oc1ccc([18F])cc1.Cc1ccc([18F])cc1.Cc1ccc([18F])cc1. The first kappa shape index (κ1) is 26.8. The fourth-order valence-corrected chi connectivity index (χ4v) is 2.21. The number of carbonyl (C=O) groups is 1. The molecule has 0 saturated carbocycles. The summed E-state index contributed by atoms with van der Waals surface area (Å²) >= 11 is 0. The van der Waals surface area contributed by atoms with Gasteiger partial charge in [0.25, 0.3) is 0 Å². The standard InChI is InChI=1S/C12H15FO3.2C7H7F/c1-4-15-11(14)12(2,3)16-10-7-5-9(13)6-8-10;2*1-6-2-4-7(8)5-3-6/h5-8H,4H2,1-3H3;2*2-5H,1H3/i13-1;2*8-1. The highest BCUT2D eigenvalue weighted by Crippen LogP contribution is 2.19. The van der Waals surface area contributed by atoms with Crippen LogP contribution in [0.1, 0.15) is 31.9 Å². The van der Waals surface area contributed by atoms with Gasteiger partial charge in [0.15, 0.2) is 5.60 Å². The Morgan fingerprint density at radius 1 is 0.719 bits per heavy atom. The molecule has 32 heavy (non-hydrogen) atoms. The summed E-state index contributed by atoms with van der Waals surface area (Å²) in [7, 11) is 0. The van der Waals surface area contributed by atoms with Crippen LogP contribution in [-0.4, -0.2) is 18.2 Å². The second-order valence-electron chi connectivity index (χ2n) is 7.38. The molecule has 3 rings (SSSR count). The van der Waals surface area contributed by atoms with Crippen molar-refractivity contribution in [2.75, 3.05) is 6.61 Å². The summed E-state index contributed by atoms with van der Waals surface area (Å²) in [4.78, 5) is 11.5. The van der Waals surface area contributed by atoms with Crippen LogP contribution in [0.4, 0.5) is 13.2 Å². The maximum atomic E-state index is 12.7. The Morgan fingerprint density at radius 3 is 1.38 bits per heavy atom. The molecule has 0 aliphatic carbocycles. The smallest absolute Gasteiger partial charge is 0.349 e. The number of benzene rings is 3. The maximum absolute atomic E-state index is 12.7. The number of ether oxygens (including phenoxy) is 2. The van der Waals surface area contributed by atoms with Crippen molar-refractivity contribution >= 4 is 5.97 Å². The fourth-order valence-electron chi connectivity index (χ4n) is 2.21. The molecule has 3 aromatic carbocycles. The van der Waals surface area contributed by atoms with Gasteiger partial charge < -0.3 is 9.47 Å². The zero-order valence-corrected chi connectivity index (χ0v) is 19.0. The van der Waals surface area contributed by atoms with Gasteiger partial charge in [-0.05, 0) is 83.1 Å². The Labute approximate surface area is 187 Å². The van der Waals surface area contributed by atoms with Crippen LogP contribution in [0, 0.1) is 31.3 Å². The third kappa shape index (κ3) is 10.7. The molecule has 172 valence electrons. The summed E-state index contributed by atoms with van der Waals surface area (Å²) in [6.45, 7) is 9.10. The molecule has 0 unspecified atom stereocenters. The number of esters is 1. The van der Waals surface area contributed by atoms with Crippen LogP contribution in [0.5, 0.6) is 5.75 Å². The second kappa shape index (κ2) is 13.2. The highest BCUT2D eigenvalue weighted by Gasteiger charge is 2.31. The minimum absolute atomic E-state index is 0.171. The van der Waals surface area contributed by atoms with E-state index in [4.69, 9.17) is 9.47 Å². The predicted octanol–water partition coefficient (Wildman–Crippen LogP) is 6.81. The first-order chi connectivity index (χ1) is 15.0. The number of rotatable bonds is 4. The molecule has 0 aliphatic rings. The van der Waals surface area contributed by atoms with Gasteiger partial charge in [-0.25, -0.2) is 18.0 Å². The van der Waals surface area contributed by atoms with Crippen molar-refractivity contribution in [2.45, 2.75) is 40.2 Å². The van der Waals surface area contributed by atoms with Crippen LogP contribution in [0.2, 0.25) is 0 Å². The van der Waals surface area contributed by atoms with E-state index in [-0.39, 0.29) is 17.5 Å². The van der Waals surface area contributed by atoms with E-state index in [1.54, 1.807) is 45.0 Å². The van der Waals surface area contributed by atoms with Crippen LogP contribution in [0.15, 0.2) is 72.8 Å². The summed E-state index contributed by atoms with van der Waals surface area (Å²) in [5.41, 5.74) is 1.10. The lowest BCUT2D eigenvalue weighted by atomic mass is 10.1. The average Bonchev–Trinajstić information content (AvgIpc) is 2.75. The minimum Gasteiger partial charge on any atom is -0.476 e. The summed E-state index contributed by atoms with van der Waals surface area (Å²) in [6, 6.07) is 18.3. The van der Waals surface area contributed by atoms with Gasteiger partial charge in [0.2, 0.25) is 0 Å². The lowest BCUT2D eigenvalue weighted by Gasteiger charge is -2.23. The molecule has 0 fully saturated rings. The zero-order valence-electron chi connectivity index (χ0n) is 19.0. The molecule has 0 amide bonds. The Morgan fingerprint density at radius 2 is 1.06 bits per heavy atom. The Bertz CT molecular complexity index is 850. The molecule has 6 heteroatoms. The van der Waals surface area contributed by atoms with Crippen LogP contribution in [-0.2, 0) is 9.53 Å². The lowest BCUT2D eigenvalue weighted by Crippen LogP contribution is -2.39. The van der Waals surface area contributed by atoms with Gasteiger partial charge in [-0.1, -0.05) is 35.4 Å². The summed E-state index contributed by atoms with van der Waals surface area (Å²) in [6.07, 6.45) is 0. The van der Waals surface area contributed by atoms with Gasteiger partial charge in [-0.2, -0.15) is 0 Å². The van der Waals surface area contributed by atoms with Crippen molar-refractivity contribution in [3.8, 4) is 5.75 Å². The third-order valence-electron chi connectivity index (χ3n) is 3.98. The second-order valence-corrected chi connectivity index (χ2v) is 7.38. The van der Waals surface area contributed by atoms with E-state index in [1.165, 1.54) is 48.5 Å². The molecule has 0 saturated heterocycles. The summed E-state index contributed by atoms with van der Waals surface area (Å²) in [5.74, 6) is -0.703. The Hall–Kier alpha value is -3.28. The number of hydrogen-bond donors (Lipinski definition) is 0. The average molecular weight is 444 g/mol. The highest BCUT2D eigenvalue weighted by molar-refractivity contribution is 5.79. The van der Waals surface area contributed by atoms with Crippen molar-refractivity contribution in [1.29, 1.82) is 0 Å². The third-order valence-corrected chi connectivity index (χ3v) is 3.98. The van der Waals surface area contributed by atoms with Crippen LogP contribution >= 0.6 is 0 Å². The molecule has 0 radical (unpaired) electrons. The largest absolute Gasteiger partial charge is 0.476 e. The fraction of sp³-hybridized carbons (Fsp3) is 0.269. The van der Waals surface area contributed by atoms with E-state index in [2.05, 4.69) is 0 Å². The Kier molecular flexibility index (Phi) is 11.0. The highest BCUT2D eigenvalue weighted by atomic mass is 18.2. The molecule has 0 bridgehead atoms. The van der Waals surface area contributed by atoms with Gasteiger partial charge in [0.1, 0.15) is 23.2 Å². The van der Waals surface area contributed by atoms with Crippen molar-refractivity contribution in [1.82, 2.24) is 0 Å². The topological polar surface area (TPSA) is 35.5 Å². The van der Waals surface area contributed by atoms with Crippen molar-refractivity contribution in [3.63, 3.8) is 0 Å². The quantitative estimate of drug-likeness (QED) is 0.415. The number of carbonyl (C=O) groups excluding carboxylic acids is 1. The van der Waals surface area contributed by atoms with Crippen LogP contribution in [0.25, 0.3) is 0 Å². The molecule has 0 aromatic heterocycles. The maximum Gasteiger partial charge on any atom is 0.349 e. The first-order valence-corrected chi connectivity index (χ1v) is 10.1. The first-order valence-electron chi connectivity index (χ1n) is 10.1. The normalized spacial score (nSPS) is 10.1. The molecule has 3 aromatic rings. The molecular weight excluding hydrogens is 414 g/mol. The van der Waals surface area contributed by atoms with E-state index in [1.807, 2.05) is 13.8 Å². The van der Waals surface area contributed by atoms with Crippen molar-refractivity contribution in [3.05, 3.63) is 101 Å². The molecule has 0 aliphatic heterocycles. The van der Waals surface area contributed by atoms with E-state index < -0.39 is 11.6 Å². The van der Waals surface area contributed by atoms with Gasteiger partial charge in [0.05, 0.1) is 6.61 Å². The summed E-state index contributed by atoms with van der Waals surface area (Å²) < 4.78 is 47.1. The lowest BCUT2D eigenvalue weighted by molar-refractivity contribution is -0.158. The number of hydrogen-bond acceptors (Lipinski definition) is 3. The predicted molar refractivity (Wildman–Crippen MR) is 120 cm³/mol. The summed E-state index contributed by atoms with van der Waals surface area (Å²) in [5, 5.41) is 0. The molecule has 3 nitrogen and oxygen atoms in total.